The molecule has 6 heteroatoms. The first kappa shape index (κ1) is 9.92. The molecule has 1 atom stereocenters. The summed E-state index contributed by atoms with van der Waals surface area (Å²) < 4.78 is 1.92. The molecular weight excluding hydrogens is 240 g/mol. The van der Waals surface area contributed by atoms with Gasteiger partial charge in [0, 0.05) is 10.6 Å². The number of aromatic amines is 1. The first-order valence-electron chi connectivity index (χ1n) is 4.91. The van der Waals surface area contributed by atoms with E-state index in [-0.39, 0.29) is 5.92 Å². The SMILES string of the molecule is Nn1c(C2CSc3ccccc32)n[nH]c1=S. The van der Waals surface area contributed by atoms with Gasteiger partial charge in [-0.2, -0.15) is 5.10 Å². The van der Waals surface area contributed by atoms with Crippen LogP contribution in [0.5, 0.6) is 0 Å². The summed E-state index contributed by atoms with van der Waals surface area (Å²) in [4.78, 5) is 1.31. The topological polar surface area (TPSA) is 59.6 Å². The Morgan fingerprint density at radius 1 is 1.50 bits per heavy atom. The Balaban J connectivity index is 2.11. The molecule has 0 saturated heterocycles. The molecule has 1 aromatic carbocycles. The average molecular weight is 250 g/mol. The van der Waals surface area contributed by atoms with Gasteiger partial charge in [0.25, 0.3) is 0 Å². The summed E-state index contributed by atoms with van der Waals surface area (Å²) in [5, 5.41) is 6.93. The Morgan fingerprint density at radius 2 is 2.31 bits per heavy atom. The zero-order valence-corrected chi connectivity index (χ0v) is 10.0. The Bertz CT molecular complexity index is 587. The molecule has 4 nitrogen and oxygen atoms in total. The molecule has 0 aliphatic carbocycles. The minimum Gasteiger partial charge on any atom is -0.335 e. The van der Waals surface area contributed by atoms with E-state index in [1.165, 1.54) is 15.1 Å². The van der Waals surface area contributed by atoms with Gasteiger partial charge in [-0.3, -0.25) is 5.10 Å². The second-order valence-electron chi connectivity index (χ2n) is 3.66. The lowest BCUT2D eigenvalue weighted by Gasteiger charge is -2.08. The fourth-order valence-corrected chi connectivity index (χ4v) is 3.30. The summed E-state index contributed by atoms with van der Waals surface area (Å²) in [6.45, 7) is 0. The fraction of sp³-hybridized carbons (Fsp3) is 0.200. The highest BCUT2D eigenvalue weighted by atomic mass is 32.2. The Hall–Kier alpha value is -1.27. The maximum absolute atomic E-state index is 5.85. The van der Waals surface area contributed by atoms with Crippen molar-refractivity contribution in [1.82, 2.24) is 14.9 Å². The molecule has 2 heterocycles. The van der Waals surface area contributed by atoms with Gasteiger partial charge in [0.15, 0.2) is 5.82 Å². The molecule has 1 aliphatic rings. The smallest absolute Gasteiger partial charge is 0.214 e. The number of aromatic nitrogens is 3. The van der Waals surface area contributed by atoms with Crippen molar-refractivity contribution in [3.8, 4) is 0 Å². The minimum atomic E-state index is 0.235. The van der Waals surface area contributed by atoms with Crippen LogP contribution in [-0.4, -0.2) is 20.6 Å². The summed E-state index contributed by atoms with van der Waals surface area (Å²) in [7, 11) is 0. The largest absolute Gasteiger partial charge is 0.335 e. The first-order chi connectivity index (χ1) is 7.77. The highest BCUT2D eigenvalue weighted by molar-refractivity contribution is 7.99. The zero-order chi connectivity index (χ0) is 11.1. The number of rotatable bonds is 1. The lowest BCUT2D eigenvalue weighted by atomic mass is 10.0. The monoisotopic (exact) mass is 250 g/mol. The molecule has 0 saturated carbocycles. The standard InChI is InChI=1S/C10H10N4S2/c11-14-9(12-13-10(14)15)7-5-16-8-4-2-1-3-6(7)8/h1-4,7H,5,11H2,(H,13,15). The number of thioether (sulfide) groups is 1. The number of nitrogens with zero attached hydrogens (tertiary/aromatic N) is 2. The number of fused-ring (bicyclic) bond motifs is 1. The second kappa shape index (κ2) is 3.64. The zero-order valence-electron chi connectivity index (χ0n) is 8.38. The van der Waals surface area contributed by atoms with Gasteiger partial charge in [-0.1, -0.05) is 18.2 Å². The van der Waals surface area contributed by atoms with Crippen LogP contribution in [0.15, 0.2) is 29.2 Å². The molecule has 0 spiro atoms. The van der Waals surface area contributed by atoms with Crippen molar-refractivity contribution in [2.45, 2.75) is 10.8 Å². The summed E-state index contributed by atoms with van der Waals surface area (Å²) >= 11 is 6.85. The van der Waals surface area contributed by atoms with Crippen molar-refractivity contribution in [3.63, 3.8) is 0 Å². The molecule has 16 heavy (non-hydrogen) atoms. The lowest BCUT2D eigenvalue weighted by Crippen LogP contribution is -2.16. The van der Waals surface area contributed by atoms with E-state index in [0.29, 0.717) is 4.77 Å². The molecular formula is C10H10N4S2. The normalized spacial score (nSPS) is 18.6. The van der Waals surface area contributed by atoms with Gasteiger partial charge in [0.1, 0.15) is 0 Å². The van der Waals surface area contributed by atoms with Crippen molar-refractivity contribution in [2.24, 2.45) is 0 Å². The Morgan fingerprint density at radius 3 is 3.06 bits per heavy atom. The number of hydrogen-bond acceptors (Lipinski definition) is 4. The maximum atomic E-state index is 5.85. The minimum absolute atomic E-state index is 0.235. The third-order valence-electron chi connectivity index (χ3n) is 2.74. The summed E-state index contributed by atoms with van der Waals surface area (Å²) in [5.41, 5.74) is 1.29. The molecule has 3 rings (SSSR count). The summed E-state index contributed by atoms with van der Waals surface area (Å²) in [5.74, 6) is 7.86. The van der Waals surface area contributed by atoms with E-state index in [0.717, 1.165) is 11.6 Å². The number of nitrogens with one attached hydrogen (secondary N) is 1. The average Bonchev–Trinajstić information content (AvgIpc) is 2.85. The van der Waals surface area contributed by atoms with E-state index in [4.69, 9.17) is 18.1 Å². The molecule has 0 amide bonds. The van der Waals surface area contributed by atoms with Crippen LogP contribution < -0.4 is 5.84 Å². The number of nitrogen functional groups attached to an aromatic ring is 1. The quantitative estimate of drug-likeness (QED) is 0.599. The van der Waals surface area contributed by atoms with Gasteiger partial charge in [-0.15, -0.1) is 11.8 Å². The summed E-state index contributed by atoms with van der Waals surface area (Å²) in [6.07, 6.45) is 0. The maximum Gasteiger partial charge on any atom is 0.214 e. The van der Waals surface area contributed by atoms with Crippen molar-refractivity contribution in [2.75, 3.05) is 11.6 Å². The van der Waals surface area contributed by atoms with Gasteiger partial charge in [-0.05, 0) is 23.8 Å². The van der Waals surface area contributed by atoms with E-state index >= 15 is 0 Å². The van der Waals surface area contributed by atoms with Crippen molar-refractivity contribution < 1.29 is 0 Å². The van der Waals surface area contributed by atoms with Crippen molar-refractivity contribution in [1.29, 1.82) is 0 Å². The first-order valence-corrected chi connectivity index (χ1v) is 6.31. The molecule has 3 N–H and O–H groups in total. The van der Waals surface area contributed by atoms with Crippen molar-refractivity contribution >= 4 is 24.0 Å². The van der Waals surface area contributed by atoms with Gasteiger partial charge in [0.05, 0.1) is 5.92 Å². The molecule has 2 aromatic rings. The van der Waals surface area contributed by atoms with Crippen LogP contribution in [0.3, 0.4) is 0 Å². The molecule has 0 radical (unpaired) electrons. The van der Waals surface area contributed by atoms with E-state index in [9.17, 15) is 0 Å². The van der Waals surface area contributed by atoms with Gasteiger partial charge >= 0.3 is 0 Å². The van der Waals surface area contributed by atoms with E-state index in [1.807, 2.05) is 23.9 Å². The number of H-pyrrole nitrogens is 1. The third kappa shape index (κ3) is 1.37. The lowest BCUT2D eigenvalue weighted by molar-refractivity contribution is 0.771. The molecule has 1 aliphatic heterocycles. The molecule has 0 fully saturated rings. The van der Waals surface area contributed by atoms with E-state index < -0.39 is 0 Å². The van der Waals surface area contributed by atoms with E-state index in [2.05, 4.69) is 22.3 Å². The van der Waals surface area contributed by atoms with Crippen molar-refractivity contribution in [3.05, 3.63) is 40.4 Å². The predicted molar refractivity (Wildman–Crippen MR) is 66.6 cm³/mol. The highest BCUT2D eigenvalue weighted by Crippen LogP contribution is 2.41. The highest BCUT2D eigenvalue weighted by Gasteiger charge is 2.28. The van der Waals surface area contributed by atoms with Gasteiger partial charge in [-0.25, -0.2) is 4.68 Å². The third-order valence-corrected chi connectivity index (χ3v) is 4.21. The number of benzene rings is 1. The Labute approximate surface area is 102 Å². The van der Waals surface area contributed by atoms with Crippen LogP contribution in [0, 0.1) is 4.77 Å². The van der Waals surface area contributed by atoms with Crippen LogP contribution in [0.25, 0.3) is 0 Å². The second-order valence-corrected chi connectivity index (χ2v) is 5.11. The van der Waals surface area contributed by atoms with Crippen LogP contribution in [-0.2, 0) is 0 Å². The van der Waals surface area contributed by atoms with Crippen LogP contribution in [0.1, 0.15) is 17.3 Å². The van der Waals surface area contributed by atoms with Crippen LogP contribution >= 0.6 is 24.0 Å². The summed E-state index contributed by atoms with van der Waals surface area (Å²) in [6, 6.07) is 8.34. The van der Waals surface area contributed by atoms with Crippen LogP contribution in [0.2, 0.25) is 0 Å². The molecule has 0 bridgehead atoms. The van der Waals surface area contributed by atoms with Gasteiger partial charge < -0.3 is 5.84 Å². The van der Waals surface area contributed by atoms with Crippen LogP contribution in [0.4, 0.5) is 0 Å². The molecule has 82 valence electrons. The fourth-order valence-electron chi connectivity index (χ4n) is 1.94. The number of hydrogen-bond donors (Lipinski definition) is 2. The van der Waals surface area contributed by atoms with Gasteiger partial charge in [0.2, 0.25) is 4.77 Å². The Kier molecular flexibility index (Phi) is 2.26. The predicted octanol–water partition coefficient (Wildman–Crippen LogP) is 1.89. The molecule has 1 aromatic heterocycles. The number of nitrogens with two attached hydrogens (primary N) is 1. The molecule has 1 unspecified atom stereocenters. The van der Waals surface area contributed by atoms with E-state index in [1.54, 1.807) is 0 Å².